The molecule has 55 heavy (non-hydrogen) atoms. The number of carbonyl (C=O) groups is 2. The fraction of sp³-hybridized carbons (Fsp3) is 0.357. The highest BCUT2D eigenvalue weighted by Gasteiger charge is 2.39. The third kappa shape index (κ3) is 12.0. The average molecular weight is 762 g/mol. The van der Waals surface area contributed by atoms with Crippen molar-refractivity contribution in [3.05, 3.63) is 126 Å². The Balaban J connectivity index is 1.00. The zero-order valence-electron chi connectivity index (χ0n) is 30.1. The van der Waals surface area contributed by atoms with Gasteiger partial charge in [-0.3, -0.25) is 14.6 Å². The van der Waals surface area contributed by atoms with Gasteiger partial charge in [-0.25, -0.2) is 0 Å². The van der Waals surface area contributed by atoms with E-state index in [-0.39, 0.29) is 56.1 Å². The maximum Gasteiger partial charge on any atom is 0.416 e. The van der Waals surface area contributed by atoms with E-state index < -0.39 is 41.9 Å². The standard InChI is InChI=1S/C42H46F3N3O7/c43-42(44,45)31-6-5-7-34(21-31)54-26-33(49)16-17-36-35(38(50)22-39(36)51)8-3-1-2-4-9-40(52)55-25-27-10-12-28(13-11-27)37(23-46)41(53)48-32-15-14-30-24-47-19-18-29(30)20-32/h1,3,5-7,10-21,24,33,35-39,49-51H,2,4,8-9,22-23,25-26,46H2,(H,48,53)/b3-1-,17-16+/t33-,35+,36+,37?,38-,39+/m0/s1. The first-order valence-corrected chi connectivity index (χ1v) is 18.2. The summed E-state index contributed by atoms with van der Waals surface area (Å²) in [6, 6.07) is 19.1. The SMILES string of the molecule is NCC(C(=O)Nc1ccc2cnccc2c1)c1ccc(COC(=O)CCC/C=C\C[C@@H]2[C@@H](/C=C/[C@H](O)COc3cccc(C(F)(F)F)c3)[C@H](O)C[C@@H]2O)cc1. The highest BCUT2D eigenvalue weighted by Crippen LogP contribution is 2.36. The number of alkyl halides is 3. The molecule has 1 saturated carbocycles. The summed E-state index contributed by atoms with van der Waals surface area (Å²) in [4.78, 5) is 29.6. The molecule has 10 nitrogen and oxygen atoms in total. The van der Waals surface area contributed by atoms with Gasteiger partial charge in [-0.05, 0) is 78.1 Å². The zero-order valence-corrected chi connectivity index (χ0v) is 30.1. The number of nitrogens with one attached hydrogen (secondary N) is 1. The molecule has 292 valence electrons. The van der Waals surface area contributed by atoms with Crippen LogP contribution in [-0.4, -0.2) is 63.6 Å². The number of aromatic nitrogens is 1. The largest absolute Gasteiger partial charge is 0.491 e. The predicted octanol–water partition coefficient (Wildman–Crippen LogP) is 6.45. The number of allylic oxidation sites excluding steroid dienone is 2. The zero-order chi connectivity index (χ0) is 39.4. The van der Waals surface area contributed by atoms with Crippen molar-refractivity contribution in [2.24, 2.45) is 17.6 Å². The van der Waals surface area contributed by atoms with Gasteiger partial charge in [-0.1, -0.05) is 60.7 Å². The molecule has 0 radical (unpaired) electrons. The molecule has 1 amide bonds. The van der Waals surface area contributed by atoms with Crippen LogP contribution >= 0.6 is 0 Å². The summed E-state index contributed by atoms with van der Waals surface area (Å²) >= 11 is 0. The number of hydrogen-bond acceptors (Lipinski definition) is 9. The van der Waals surface area contributed by atoms with E-state index >= 15 is 0 Å². The van der Waals surface area contributed by atoms with E-state index in [0.29, 0.717) is 24.9 Å². The molecule has 1 heterocycles. The van der Waals surface area contributed by atoms with Gasteiger partial charge in [0.2, 0.25) is 5.91 Å². The third-order valence-corrected chi connectivity index (χ3v) is 9.62. The van der Waals surface area contributed by atoms with Crippen LogP contribution < -0.4 is 15.8 Å². The number of fused-ring (bicyclic) bond motifs is 1. The lowest BCUT2D eigenvalue weighted by Gasteiger charge is -2.19. The molecule has 1 fully saturated rings. The molecule has 0 spiro atoms. The lowest BCUT2D eigenvalue weighted by Crippen LogP contribution is -2.27. The number of amides is 1. The number of nitrogens with zero attached hydrogens (tertiary/aromatic N) is 1. The van der Waals surface area contributed by atoms with Gasteiger partial charge >= 0.3 is 12.1 Å². The molecule has 0 bridgehead atoms. The molecule has 6 atom stereocenters. The number of aliphatic hydroxyl groups is 3. The molecule has 1 aliphatic rings. The van der Waals surface area contributed by atoms with Gasteiger partial charge in [-0.15, -0.1) is 0 Å². The number of halogens is 3. The second kappa shape index (κ2) is 19.5. The fourth-order valence-corrected chi connectivity index (χ4v) is 6.56. The Bertz CT molecular complexity index is 1940. The molecule has 1 unspecified atom stereocenters. The number of carbonyl (C=O) groups excluding carboxylic acids is 2. The highest BCUT2D eigenvalue weighted by molar-refractivity contribution is 5.98. The van der Waals surface area contributed by atoms with E-state index in [1.165, 1.54) is 18.2 Å². The first kappa shape index (κ1) is 41.1. The minimum Gasteiger partial charge on any atom is -0.491 e. The van der Waals surface area contributed by atoms with Crippen LogP contribution in [-0.2, 0) is 27.1 Å². The summed E-state index contributed by atoms with van der Waals surface area (Å²) in [6.07, 6.45) is 5.02. The molecular formula is C42H46F3N3O7. The second-order valence-electron chi connectivity index (χ2n) is 13.6. The number of aliphatic hydroxyl groups excluding tert-OH is 3. The number of unbranched alkanes of at least 4 members (excludes halogenated alkanes) is 1. The van der Waals surface area contributed by atoms with E-state index in [4.69, 9.17) is 15.2 Å². The maximum absolute atomic E-state index is 13.1. The van der Waals surface area contributed by atoms with Crippen LogP contribution in [0.4, 0.5) is 18.9 Å². The van der Waals surface area contributed by atoms with Gasteiger partial charge in [-0.2, -0.15) is 13.2 Å². The molecule has 0 saturated heterocycles. The predicted molar refractivity (Wildman–Crippen MR) is 202 cm³/mol. The van der Waals surface area contributed by atoms with Crippen LogP contribution in [0.3, 0.4) is 0 Å². The maximum atomic E-state index is 13.1. The van der Waals surface area contributed by atoms with Crippen molar-refractivity contribution in [3.63, 3.8) is 0 Å². The number of ether oxygens (including phenoxy) is 2. The Morgan fingerprint density at radius 1 is 1.00 bits per heavy atom. The number of hydrogen-bond donors (Lipinski definition) is 5. The van der Waals surface area contributed by atoms with E-state index in [9.17, 15) is 38.1 Å². The summed E-state index contributed by atoms with van der Waals surface area (Å²) in [6.45, 7) is -0.0853. The lowest BCUT2D eigenvalue weighted by atomic mass is 9.89. The smallest absolute Gasteiger partial charge is 0.416 e. The van der Waals surface area contributed by atoms with Crippen LogP contribution in [0.2, 0.25) is 0 Å². The van der Waals surface area contributed by atoms with Crippen molar-refractivity contribution in [3.8, 4) is 5.75 Å². The summed E-state index contributed by atoms with van der Waals surface area (Å²) in [5.74, 6) is -1.93. The Morgan fingerprint density at radius 2 is 1.80 bits per heavy atom. The van der Waals surface area contributed by atoms with Gasteiger partial charge in [0.1, 0.15) is 25.1 Å². The van der Waals surface area contributed by atoms with Crippen LogP contribution in [0, 0.1) is 11.8 Å². The van der Waals surface area contributed by atoms with Gasteiger partial charge in [0, 0.05) is 48.8 Å². The number of benzene rings is 3. The van der Waals surface area contributed by atoms with Crippen LogP contribution in [0.25, 0.3) is 10.8 Å². The number of nitrogens with two attached hydrogens (primary N) is 1. The third-order valence-electron chi connectivity index (χ3n) is 9.62. The molecular weight excluding hydrogens is 715 g/mol. The Hall–Kier alpha value is -5.08. The van der Waals surface area contributed by atoms with Crippen molar-refractivity contribution >= 4 is 28.3 Å². The van der Waals surface area contributed by atoms with Crippen molar-refractivity contribution < 1.29 is 47.6 Å². The number of anilines is 1. The Morgan fingerprint density at radius 3 is 2.56 bits per heavy atom. The van der Waals surface area contributed by atoms with Crippen molar-refractivity contribution in [2.75, 3.05) is 18.5 Å². The molecule has 4 aromatic rings. The Labute approximate surface area is 317 Å². The van der Waals surface area contributed by atoms with Gasteiger partial charge < -0.3 is 35.8 Å². The molecule has 3 aromatic carbocycles. The van der Waals surface area contributed by atoms with Gasteiger partial charge in [0.05, 0.1) is 23.7 Å². The number of pyridine rings is 1. The lowest BCUT2D eigenvalue weighted by molar-refractivity contribution is -0.145. The average Bonchev–Trinajstić information content (AvgIpc) is 3.44. The first-order valence-electron chi connectivity index (χ1n) is 18.2. The number of rotatable bonds is 17. The highest BCUT2D eigenvalue weighted by atomic mass is 19.4. The molecule has 1 aliphatic carbocycles. The first-order chi connectivity index (χ1) is 26.4. The van der Waals surface area contributed by atoms with E-state index in [1.807, 2.05) is 36.4 Å². The molecule has 5 rings (SSSR count). The van der Waals surface area contributed by atoms with E-state index in [2.05, 4.69) is 10.3 Å². The van der Waals surface area contributed by atoms with Gasteiger partial charge in [0.25, 0.3) is 0 Å². The van der Waals surface area contributed by atoms with Crippen molar-refractivity contribution in [1.82, 2.24) is 4.98 Å². The summed E-state index contributed by atoms with van der Waals surface area (Å²) in [5.41, 5.74) is 7.29. The van der Waals surface area contributed by atoms with Crippen LogP contribution in [0.15, 0.2) is 109 Å². The van der Waals surface area contributed by atoms with Crippen LogP contribution in [0.1, 0.15) is 54.7 Å². The quantitative estimate of drug-likeness (QED) is 0.0462. The topological polar surface area (TPSA) is 164 Å². The minimum atomic E-state index is -4.51. The summed E-state index contributed by atoms with van der Waals surface area (Å²) < 4.78 is 49.6. The van der Waals surface area contributed by atoms with E-state index in [0.717, 1.165) is 34.0 Å². The summed E-state index contributed by atoms with van der Waals surface area (Å²) in [7, 11) is 0. The molecule has 1 aromatic heterocycles. The monoisotopic (exact) mass is 761 g/mol. The molecule has 0 aliphatic heterocycles. The van der Waals surface area contributed by atoms with Crippen molar-refractivity contribution in [1.29, 1.82) is 0 Å². The van der Waals surface area contributed by atoms with Crippen molar-refractivity contribution in [2.45, 2.75) is 69.1 Å². The number of esters is 1. The second-order valence-corrected chi connectivity index (χ2v) is 13.6. The minimum absolute atomic E-state index is 0.0300. The normalized spacial score (nSPS) is 19.8. The Kier molecular flexibility index (Phi) is 14.6. The molecule has 6 N–H and O–H groups in total. The molecule has 13 heteroatoms. The van der Waals surface area contributed by atoms with E-state index in [1.54, 1.807) is 42.7 Å². The summed E-state index contributed by atoms with van der Waals surface area (Å²) in [5, 5.41) is 36.2. The van der Waals surface area contributed by atoms with Gasteiger partial charge in [0.15, 0.2) is 0 Å². The van der Waals surface area contributed by atoms with Crippen LogP contribution in [0.5, 0.6) is 5.75 Å². The fourth-order valence-electron chi connectivity index (χ4n) is 6.56.